The highest BCUT2D eigenvalue weighted by atomic mass is 16.6. The minimum absolute atomic E-state index is 0.129. The van der Waals surface area contributed by atoms with Gasteiger partial charge in [0.1, 0.15) is 5.60 Å². The molecule has 1 aliphatic carbocycles. The Morgan fingerprint density at radius 1 is 1.33 bits per heavy atom. The first-order chi connectivity index (χ1) is 11.2. The smallest absolute Gasteiger partial charge is 0.407 e. The van der Waals surface area contributed by atoms with Crippen LogP contribution < -0.4 is 5.32 Å². The van der Waals surface area contributed by atoms with Crippen molar-refractivity contribution in [3.63, 3.8) is 0 Å². The lowest BCUT2D eigenvalue weighted by molar-refractivity contribution is -0.128. The van der Waals surface area contributed by atoms with E-state index in [2.05, 4.69) is 17.5 Å². The molecule has 0 aromatic heterocycles. The topological polar surface area (TPSA) is 58.6 Å². The molecule has 1 aliphatic heterocycles. The fourth-order valence-electron chi connectivity index (χ4n) is 2.81. The molecule has 0 fully saturated rings. The predicted molar refractivity (Wildman–Crippen MR) is 96.7 cm³/mol. The maximum absolute atomic E-state index is 11.7. The Kier molecular flexibility index (Phi) is 7.52. The molecule has 0 bridgehead atoms. The quantitative estimate of drug-likeness (QED) is 0.837. The number of nitrogens with one attached hydrogen (secondary N) is 1. The molecule has 1 atom stereocenters. The number of carbonyl (C=O) groups excluding carboxylic acids is 2. The first-order valence-electron chi connectivity index (χ1n) is 8.86. The Morgan fingerprint density at radius 2 is 2.00 bits per heavy atom. The summed E-state index contributed by atoms with van der Waals surface area (Å²) in [6.45, 7) is 13.2. The van der Waals surface area contributed by atoms with Crippen LogP contribution >= 0.6 is 0 Å². The van der Waals surface area contributed by atoms with Crippen LogP contribution in [0.25, 0.3) is 0 Å². The van der Waals surface area contributed by atoms with Crippen LogP contribution in [0.3, 0.4) is 0 Å². The summed E-state index contributed by atoms with van der Waals surface area (Å²) < 4.78 is 5.24. The van der Waals surface area contributed by atoms with Gasteiger partial charge in [-0.15, -0.1) is 0 Å². The molecule has 1 N–H and O–H groups in total. The first-order valence-corrected chi connectivity index (χ1v) is 8.86. The third-order valence-electron chi connectivity index (χ3n) is 3.92. The van der Waals surface area contributed by atoms with Gasteiger partial charge in [0.05, 0.1) is 0 Å². The van der Waals surface area contributed by atoms with Crippen molar-refractivity contribution in [3.8, 4) is 0 Å². The van der Waals surface area contributed by atoms with E-state index in [4.69, 9.17) is 4.74 Å². The van der Waals surface area contributed by atoms with E-state index in [0.29, 0.717) is 6.54 Å². The van der Waals surface area contributed by atoms with Crippen LogP contribution in [0.2, 0.25) is 0 Å². The molecule has 2 rings (SSSR count). The Balaban J connectivity index is 0.00000139. The standard InChI is InChI=1S/C17H26N2O3.C2H6/c1-12(20)19-8-7-14-6-5-13(9-15(14)11-19)10-18-16(21)22-17(2,3)4;1-2/h5-6,13H,7-11H2,1-4H3,(H,18,21);1-2H3. The van der Waals surface area contributed by atoms with Crippen LogP contribution in [0.5, 0.6) is 0 Å². The van der Waals surface area contributed by atoms with Gasteiger partial charge in [0.15, 0.2) is 0 Å². The van der Waals surface area contributed by atoms with Gasteiger partial charge in [-0.1, -0.05) is 26.0 Å². The van der Waals surface area contributed by atoms with Gasteiger partial charge in [-0.3, -0.25) is 4.79 Å². The highest BCUT2D eigenvalue weighted by molar-refractivity contribution is 5.74. The highest BCUT2D eigenvalue weighted by Crippen LogP contribution is 2.29. The number of rotatable bonds is 2. The van der Waals surface area contributed by atoms with Gasteiger partial charge in [-0.25, -0.2) is 4.79 Å². The van der Waals surface area contributed by atoms with E-state index in [0.717, 1.165) is 25.9 Å². The molecular formula is C19H32N2O3. The lowest BCUT2D eigenvalue weighted by Gasteiger charge is -2.33. The van der Waals surface area contributed by atoms with Crippen LogP contribution in [0.15, 0.2) is 23.3 Å². The lowest BCUT2D eigenvalue weighted by atomic mass is 9.86. The molecule has 0 radical (unpaired) electrons. The second-order valence-corrected chi connectivity index (χ2v) is 7.03. The van der Waals surface area contributed by atoms with Crippen molar-refractivity contribution in [1.29, 1.82) is 0 Å². The van der Waals surface area contributed by atoms with E-state index < -0.39 is 5.60 Å². The Hall–Kier alpha value is -1.78. The molecule has 5 nitrogen and oxygen atoms in total. The van der Waals surface area contributed by atoms with Crippen molar-refractivity contribution in [1.82, 2.24) is 10.2 Å². The molecule has 1 unspecified atom stereocenters. The Morgan fingerprint density at radius 3 is 2.58 bits per heavy atom. The third-order valence-corrected chi connectivity index (χ3v) is 3.92. The highest BCUT2D eigenvalue weighted by Gasteiger charge is 2.24. The lowest BCUT2D eigenvalue weighted by Crippen LogP contribution is -2.38. The number of alkyl carbamates (subject to hydrolysis) is 1. The van der Waals surface area contributed by atoms with Crippen LogP contribution in [0.4, 0.5) is 4.79 Å². The summed E-state index contributed by atoms with van der Waals surface area (Å²) in [4.78, 5) is 25.1. The molecule has 1 heterocycles. The summed E-state index contributed by atoms with van der Waals surface area (Å²) >= 11 is 0. The number of hydrogen-bond donors (Lipinski definition) is 1. The maximum Gasteiger partial charge on any atom is 0.407 e. The summed E-state index contributed by atoms with van der Waals surface area (Å²) in [7, 11) is 0. The molecular weight excluding hydrogens is 304 g/mol. The largest absolute Gasteiger partial charge is 0.444 e. The summed E-state index contributed by atoms with van der Waals surface area (Å²) in [5.74, 6) is 0.391. The number of hydrogen-bond acceptors (Lipinski definition) is 3. The van der Waals surface area contributed by atoms with Crippen molar-refractivity contribution < 1.29 is 14.3 Å². The van der Waals surface area contributed by atoms with Crippen molar-refractivity contribution >= 4 is 12.0 Å². The molecule has 0 saturated carbocycles. The van der Waals surface area contributed by atoms with Gasteiger partial charge >= 0.3 is 6.09 Å². The average Bonchev–Trinajstić information content (AvgIpc) is 2.52. The molecule has 136 valence electrons. The van der Waals surface area contributed by atoms with Gasteiger partial charge in [0.25, 0.3) is 0 Å². The van der Waals surface area contributed by atoms with E-state index >= 15 is 0 Å². The van der Waals surface area contributed by atoms with Crippen molar-refractivity contribution in [3.05, 3.63) is 23.3 Å². The molecule has 0 aromatic rings. The van der Waals surface area contributed by atoms with Gasteiger partial charge in [-0.05, 0) is 50.7 Å². The molecule has 2 aliphatic rings. The van der Waals surface area contributed by atoms with Gasteiger partial charge in [0.2, 0.25) is 5.91 Å². The number of nitrogens with zero attached hydrogens (tertiary/aromatic N) is 1. The summed E-state index contributed by atoms with van der Waals surface area (Å²) in [6.07, 6.45) is 5.75. The van der Waals surface area contributed by atoms with Crippen molar-refractivity contribution in [2.75, 3.05) is 19.6 Å². The molecule has 24 heavy (non-hydrogen) atoms. The third kappa shape index (κ3) is 6.38. The normalized spacial score (nSPS) is 19.9. The molecule has 0 aromatic carbocycles. The van der Waals surface area contributed by atoms with Crippen LogP contribution in [-0.4, -0.2) is 42.1 Å². The van der Waals surface area contributed by atoms with Crippen LogP contribution in [-0.2, 0) is 9.53 Å². The molecule has 0 spiro atoms. The van der Waals surface area contributed by atoms with Crippen molar-refractivity contribution in [2.24, 2.45) is 5.92 Å². The fourth-order valence-corrected chi connectivity index (χ4v) is 2.81. The maximum atomic E-state index is 11.7. The zero-order chi connectivity index (χ0) is 18.3. The van der Waals surface area contributed by atoms with Crippen LogP contribution in [0, 0.1) is 5.92 Å². The zero-order valence-electron chi connectivity index (χ0n) is 15.9. The number of ether oxygens (including phenoxy) is 1. The summed E-state index contributed by atoms with van der Waals surface area (Å²) in [6, 6.07) is 0. The monoisotopic (exact) mass is 336 g/mol. The second-order valence-electron chi connectivity index (χ2n) is 7.03. The van der Waals surface area contributed by atoms with E-state index in [1.165, 1.54) is 11.1 Å². The van der Waals surface area contributed by atoms with Gasteiger partial charge in [0, 0.05) is 26.6 Å². The minimum Gasteiger partial charge on any atom is -0.444 e. The summed E-state index contributed by atoms with van der Waals surface area (Å²) in [5.41, 5.74) is 2.19. The van der Waals surface area contributed by atoms with E-state index in [-0.39, 0.29) is 17.9 Å². The van der Waals surface area contributed by atoms with Crippen LogP contribution in [0.1, 0.15) is 54.4 Å². The SMILES string of the molecule is CC.CC(=O)N1CCC2=C(CC(CNC(=O)OC(C)(C)C)C=C2)C1. The Labute approximate surface area is 146 Å². The molecule has 0 saturated heterocycles. The van der Waals surface area contributed by atoms with E-state index in [9.17, 15) is 9.59 Å². The van der Waals surface area contributed by atoms with Gasteiger partial charge < -0.3 is 15.0 Å². The number of amides is 2. The Bertz CT molecular complexity index is 515. The minimum atomic E-state index is -0.479. The fraction of sp³-hybridized carbons (Fsp3) is 0.684. The number of carbonyl (C=O) groups is 2. The average molecular weight is 336 g/mol. The zero-order valence-corrected chi connectivity index (χ0v) is 15.9. The van der Waals surface area contributed by atoms with E-state index in [1.807, 2.05) is 39.5 Å². The number of allylic oxidation sites excluding steroid dienone is 1. The van der Waals surface area contributed by atoms with Crippen molar-refractivity contribution in [2.45, 2.75) is 60.0 Å². The molecule has 2 amide bonds. The predicted octanol–water partition coefficient (Wildman–Crippen LogP) is 3.66. The van der Waals surface area contributed by atoms with Gasteiger partial charge in [-0.2, -0.15) is 0 Å². The van der Waals surface area contributed by atoms with E-state index in [1.54, 1.807) is 6.92 Å². The summed E-state index contributed by atoms with van der Waals surface area (Å²) in [5, 5.41) is 2.82. The molecule has 5 heteroatoms. The second kappa shape index (κ2) is 8.90. The first kappa shape index (κ1) is 20.3.